The summed E-state index contributed by atoms with van der Waals surface area (Å²) in [6.45, 7) is 8.95. The second kappa shape index (κ2) is 11.4. The Morgan fingerprint density at radius 3 is 2.38 bits per heavy atom. The van der Waals surface area contributed by atoms with Crippen LogP contribution in [0.2, 0.25) is 0 Å². The standard InChI is InChI=1S/C20H25BrFNO2.ClH/c1-4-24-19-10-16(12-23-11-14(2)3)9-18(21)20(19)25-13-15-5-7-17(22)8-6-15;/h5-10,14,23H,4,11-13H2,1-3H3;1H. The molecule has 2 rings (SSSR count). The van der Waals surface area contributed by atoms with Crippen LogP contribution in [0.4, 0.5) is 4.39 Å². The highest BCUT2D eigenvalue weighted by atomic mass is 79.9. The van der Waals surface area contributed by atoms with Crippen molar-refractivity contribution in [1.82, 2.24) is 5.32 Å². The molecule has 0 saturated heterocycles. The molecule has 0 spiro atoms. The average Bonchev–Trinajstić information content (AvgIpc) is 2.55. The fourth-order valence-electron chi connectivity index (χ4n) is 2.37. The zero-order chi connectivity index (χ0) is 18.2. The molecule has 0 atom stereocenters. The van der Waals surface area contributed by atoms with Gasteiger partial charge in [0.05, 0.1) is 11.1 Å². The molecule has 2 aromatic carbocycles. The predicted octanol–water partition coefficient (Wildman–Crippen LogP) is 5.73. The summed E-state index contributed by atoms with van der Waals surface area (Å²) in [4.78, 5) is 0. The molecule has 6 heteroatoms. The smallest absolute Gasteiger partial charge is 0.175 e. The molecule has 0 fully saturated rings. The summed E-state index contributed by atoms with van der Waals surface area (Å²) >= 11 is 3.58. The number of rotatable bonds is 9. The van der Waals surface area contributed by atoms with Gasteiger partial charge in [0.15, 0.2) is 11.5 Å². The van der Waals surface area contributed by atoms with Gasteiger partial charge in [0.1, 0.15) is 12.4 Å². The molecule has 0 radical (unpaired) electrons. The van der Waals surface area contributed by atoms with Gasteiger partial charge in [-0.25, -0.2) is 4.39 Å². The summed E-state index contributed by atoms with van der Waals surface area (Å²) in [7, 11) is 0. The van der Waals surface area contributed by atoms with E-state index in [4.69, 9.17) is 9.47 Å². The van der Waals surface area contributed by atoms with Crippen LogP contribution in [-0.2, 0) is 13.2 Å². The van der Waals surface area contributed by atoms with E-state index in [0.717, 1.165) is 28.7 Å². The van der Waals surface area contributed by atoms with Crippen molar-refractivity contribution in [3.8, 4) is 11.5 Å². The first kappa shape index (κ1) is 22.7. The third-order valence-corrected chi connectivity index (χ3v) is 4.14. The molecule has 0 aliphatic rings. The monoisotopic (exact) mass is 445 g/mol. The topological polar surface area (TPSA) is 30.5 Å². The lowest BCUT2D eigenvalue weighted by atomic mass is 10.1. The van der Waals surface area contributed by atoms with Crippen LogP contribution in [0.1, 0.15) is 31.9 Å². The normalized spacial score (nSPS) is 10.5. The molecule has 1 N–H and O–H groups in total. The van der Waals surface area contributed by atoms with E-state index in [0.29, 0.717) is 30.6 Å². The van der Waals surface area contributed by atoms with Crippen LogP contribution in [-0.4, -0.2) is 13.2 Å². The van der Waals surface area contributed by atoms with Gasteiger partial charge in [-0.3, -0.25) is 0 Å². The minimum absolute atomic E-state index is 0. The van der Waals surface area contributed by atoms with E-state index in [-0.39, 0.29) is 18.2 Å². The summed E-state index contributed by atoms with van der Waals surface area (Å²) in [5, 5.41) is 3.43. The van der Waals surface area contributed by atoms with Crippen molar-refractivity contribution in [2.24, 2.45) is 5.92 Å². The van der Waals surface area contributed by atoms with E-state index < -0.39 is 0 Å². The Hall–Kier alpha value is -1.30. The Kier molecular flexibility index (Phi) is 9.99. The third kappa shape index (κ3) is 7.14. The van der Waals surface area contributed by atoms with Crippen molar-refractivity contribution < 1.29 is 13.9 Å². The summed E-state index contributed by atoms with van der Waals surface area (Å²) in [6.07, 6.45) is 0. The van der Waals surface area contributed by atoms with Gasteiger partial charge >= 0.3 is 0 Å². The average molecular weight is 447 g/mol. The molecule has 0 bridgehead atoms. The first-order valence-corrected chi connectivity index (χ1v) is 9.32. The lowest BCUT2D eigenvalue weighted by Gasteiger charge is -2.16. The molecule has 26 heavy (non-hydrogen) atoms. The molecule has 0 amide bonds. The van der Waals surface area contributed by atoms with Crippen LogP contribution in [0.15, 0.2) is 40.9 Å². The molecule has 0 unspecified atom stereocenters. The molecular formula is C20H26BrClFNO2. The van der Waals surface area contributed by atoms with E-state index in [1.165, 1.54) is 12.1 Å². The number of hydrogen-bond acceptors (Lipinski definition) is 3. The third-order valence-electron chi connectivity index (χ3n) is 3.55. The van der Waals surface area contributed by atoms with Crippen molar-refractivity contribution in [2.75, 3.05) is 13.2 Å². The SMILES string of the molecule is CCOc1cc(CNCC(C)C)cc(Br)c1OCc1ccc(F)cc1.Cl. The van der Waals surface area contributed by atoms with Gasteiger partial charge in [-0.15, -0.1) is 12.4 Å². The second-order valence-corrected chi connectivity index (χ2v) is 7.13. The Balaban J connectivity index is 0.00000338. The maximum atomic E-state index is 13.0. The van der Waals surface area contributed by atoms with E-state index >= 15 is 0 Å². The quantitative estimate of drug-likeness (QED) is 0.533. The van der Waals surface area contributed by atoms with Crippen LogP contribution in [0.5, 0.6) is 11.5 Å². The second-order valence-electron chi connectivity index (χ2n) is 6.28. The molecule has 0 saturated carbocycles. The highest BCUT2D eigenvalue weighted by Crippen LogP contribution is 2.37. The summed E-state index contributed by atoms with van der Waals surface area (Å²) in [5.41, 5.74) is 2.03. The molecule has 144 valence electrons. The Morgan fingerprint density at radius 1 is 1.08 bits per heavy atom. The van der Waals surface area contributed by atoms with Gasteiger partial charge in [-0.1, -0.05) is 26.0 Å². The Labute approximate surface area is 169 Å². The summed E-state index contributed by atoms with van der Waals surface area (Å²) < 4.78 is 25.5. The van der Waals surface area contributed by atoms with Crippen molar-refractivity contribution >= 4 is 28.3 Å². The van der Waals surface area contributed by atoms with Crippen molar-refractivity contribution in [2.45, 2.75) is 33.9 Å². The van der Waals surface area contributed by atoms with Gasteiger partial charge in [0, 0.05) is 6.54 Å². The number of benzene rings is 2. The Bertz CT molecular complexity index is 680. The zero-order valence-corrected chi connectivity index (χ0v) is 17.8. The molecule has 0 aliphatic carbocycles. The summed E-state index contributed by atoms with van der Waals surface area (Å²) in [5.74, 6) is 1.73. The largest absolute Gasteiger partial charge is 0.490 e. The van der Waals surface area contributed by atoms with Gasteiger partial charge < -0.3 is 14.8 Å². The Morgan fingerprint density at radius 2 is 1.77 bits per heavy atom. The highest BCUT2D eigenvalue weighted by molar-refractivity contribution is 9.10. The molecular weight excluding hydrogens is 421 g/mol. The van der Waals surface area contributed by atoms with Gasteiger partial charge in [-0.2, -0.15) is 0 Å². The van der Waals surface area contributed by atoms with Crippen LogP contribution in [0, 0.1) is 11.7 Å². The lowest BCUT2D eigenvalue weighted by molar-refractivity contribution is 0.267. The fraction of sp³-hybridized carbons (Fsp3) is 0.400. The van der Waals surface area contributed by atoms with E-state index in [9.17, 15) is 4.39 Å². The summed E-state index contributed by atoms with van der Waals surface area (Å²) in [6, 6.07) is 10.3. The minimum Gasteiger partial charge on any atom is -0.490 e. The van der Waals surface area contributed by atoms with Crippen molar-refractivity contribution in [1.29, 1.82) is 0 Å². The van der Waals surface area contributed by atoms with E-state index in [2.05, 4.69) is 35.1 Å². The first-order chi connectivity index (χ1) is 12.0. The maximum Gasteiger partial charge on any atom is 0.175 e. The molecule has 2 aromatic rings. The number of nitrogens with one attached hydrogen (secondary N) is 1. The number of halogens is 3. The van der Waals surface area contributed by atoms with Crippen molar-refractivity contribution in [3.63, 3.8) is 0 Å². The van der Waals surface area contributed by atoms with Gasteiger partial charge in [-0.05, 0) is 70.7 Å². The maximum absolute atomic E-state index is 13.0. The van der Waals surface area contributed by atoms with Crippen LogP contribution >= 0.6 is 28.3 Å². The number of hydrogen-bond donors (Lipinski definition) is 1. The molecule has 3 nitrogen and oxygen atoms in total. The van der Waals surface area contributed by atoms with E-state index in [1.807, 2.05) is 19.1 Å². The predicted molar refractivity (Wildman–Crippen MR) is 110 cm³/mol. The van der Waals surface area contributed by atoms with Crippen LogP contribution in [0.25, 0.3) is 0 Å². The van der Waals surface area contributed by atoms with Gasteiger partial charge in [0.2, 0.25) is 0 Å². The molecule has 0 aromatic heterocycles. The number of ether oxygens (including phenoxy) is 2. The fourth-order valence-corrected chi connectivity index (χ4v) is 2.97. The van der Waals surface area contributed by atoms with Crippen LogP contribution < -0.4 is 14.8 Å². The minimum atomic E-state index is -0.252. The van der Waals surface area contributed by atoms with Crippen LogP contribution in [0.3, 0.4) is 0 Å². The van der Waals surface area contributed by atoms with Crippen molar-refractivity contribution in [3.05, 3.63) is 57.8 Å². The molecule has 0 heterocycles. The first-order valence-electron chi connectivity index (χ1n) is 8.52. The zero-order valence-electron chi connectivity index (χ0n) is 15.4. The van der Waals surface area contributed by atoms with E-state index in [1.54, 1.807) is 12.1 Å². The van der Waals surface area contributed by atoms with Gasteiger partial charge in [0.25, 0.3) is 0 Å². The highest BCUT2D eigenvalue weighted by Gasteiger charge is 2.13. The molecule has 0 aliphatic heterocycles. The lowest BCUT2D eigenvalue weighted by Crippen LogP contribution is -2.19.